The number of fused-ring (bicyclic) bond motifs is 1. The van der Waals surface area contributed by atoms with Gasteiger partial charge in [0.25, 0.3) is 0 Å². The van der Waals surface area contributed by atoms with Crippen LogP contribution in [0.4, 0.5) is 8.78 Å². The molecule has 1 aliphatic rings. The maximum absolute atomic E-state index is 13.7. The highest BCUT2D eigenvalue weighted by Crippen LogP contribution is 2.25. The van der Waals surface area contributed by atoms with Crippen LogP contribution in [0.15, 0.2) is 42.5 Å². The van der Waals surface area contributed by atoms with E-state index < -0.39 is 17.7 Å². The molecule has 22 heavy (non-hydrogen) atoms. The van der Waals surface area contributed by atoms with Crippen LogP contribution >= 0.6 is 0 Å². The molecule has 1 unspecified atom stereocenters. The number of hydrogen-bond acceptors (Lipinski definition) is 2. The quantitative estimate of drug-likeness (QED) is 0.926. The molecule has 3 nitrogen and oxygen atoms in total. The fraction of sp³-hybridized carbons (Fsp3) is 0.235. The molecule has 114 valence electrons. The molecule has 2 aromatic carbocycles. The van der Waals surface area contributed by atoms with Crippen LogP contribution in [0.3, 0.4) is 0 Å². The molecular formula is C17H16F2N2O. The first-order valence-corrected chi connectivity index (χ1v) is 7.12. The van der Waals surface area contributed by atoms with E-state index in [0.717, 1.165) is 11.6 Å². The fourth-order valence-electron chi connectivity index (χ4n) is 2.80. The van der Waals surface area contributed by atoms with E-state index >= 15 is 0 Å². The third-order valence-corrected chi connectivity index (χ3v) is 3.98. The van der Waals surface area contributed by atoms with Crippen LogP contribution in [-0.2, 0) is 17.8 Å². The van der Waals surface area contributed by atoms with Crippen molar-refractivity contribution in [3.8, 4) is 0 Å². The van der Waals surface area contributed by atoms with E-state index in [1.54, 1.807) is 17.0 Å². The van der Waals surface area contributed by atoms with E-state index in [9.17, 15) is 13.6 Å². The number of nitrogens with two attached hydrogens (primary N) is 1. The van der Waals surface area contributed by atoms with Crippen molar-refractivity contribution < 1.29 is 13.6 Å². The Morgan fingerprint density at radius 1 is 1.18 bits per heavy atom. The summed E-state index contributed by atoms with van der Waals surface area (Å²) >= 11 is 0. The molecular weight excluding hydrogens is 286 g/mol. The van der Waals surface area contributed by atoms with Crippen LogP contribution in [-0.4, -0.2) is 17.4 Å². The lowest BCUT2D eigenvalue weighted by atomic mass is 9.97. The Bertz CT molecular complexity index is 703. The third kappa shape index (κ3) is 2.72. The topological polar surface area (TPSA) is 46.3 Å². The number of halogens is 2. The highest BCUT2D eigenvalue weighted by molar-refractivity contribution is 5.83. The summed E-state index contributed by atoms with van der Waals surface area (Å²) in [6.07, 6.45) is 0.370. The zero-order chi connectivity index (χ0) is 15.7. The van der Waals surface area contributed by atoms with Gasteiger partial charge in [0.05, 0.1) is 0 Å². The molecule has 0 aliphatic carbocycles. The van der Waals surface area contributed by atoms with Crippen LogP contribution in [0.5, 0.6) is 0 Å². The molecule has 1 aliphatic heterocycles. The number of benzene rings is 2. The lowest BCUT2D eigenvalue weighted by molar-refractivity contribution is -0.133. The largest absolute Gasteiger partial charge is 0.336 e. The van der Waals surface area contributed by atoms with Crippen LogP contribution in [0.1, 0.15) is 22.7 Å². The Morgan fingerprint density at radius 3 is 2.64 bits per heavy atom. The zero-order valence-electron chi connectivity index (χ0n) is 11.9. The van der Waals surface area contributed by atoms with E-state index in [1.807, 2.05) is 18.2 Å². The van der Waals surface area contributed by atoms with Gasteiger partial charge in [-0.1, -0.05) is 30.3 Å². The van der Waals surface area contributed by atoms with E-state index in [-0.39, 0.29) is 12.5 Å². The van der Waals surface area contributed by atoms with Gasteiger partial charge in [-0.3, -0.25) is 4.79 Å². The predicted octanol–water partition coefficient (Wildman–Crippen LogP) is 2.55. The summed E-state index contributed by atoms with van der Waals surface area (Å²) in [7, 11) is 0. The fourth-order valence-corrected chi connectivity index (χ4v) is 2.80. The van der Waals surface area contributed by atoms with E-state index in [4.69, 9.17) is 5.73 Å². The van der Waals surface area contributed by atoms with Gasteiger partial charge in [-0.25, -0.2) is 8.78 Å². The second kappa shape index (κ2) is 5.85. The molecule has 0 radical (unpaired) electrons. The average molecular weight is 302 g/mol. The minimum atomic E-state index is -0.763. The van der Waals surface area contributed by atoms with Gasteiger partial charge in [-0.2, -0.15) is 0 Å². The summed E-state index contributed by atoms with van der Waals surface area (Å²) in [6.45, 7) is 0.568. The zero-order valence-corrected chi connectivity index (χ0v) is 11.9. The highest BCUT2D eigenvalue weighted by Gasteiger charge is 2.27. The van der Waals surface area contributed by atoms with Gasteiger partial charge in [-0.15, -0.1) is 0 Å². The second-order valence-corrected chi connectivity index (χ2v) is 5.42. The van der Waals surface area contributed by atoms with Gasteiger partial charge < -0.3 is 10.6 Å². The van der Waals surface area contributed by atoms with Crippen molar-refractivity contribution in [2.45, 2.75) is 19.0 Å². The standard InChI is InChI=1S/C17H16F2N2O/c18-13-8-12-10-21(7-6-14(12)15(19)9-13)17(22)16(20)11-4-2-1-3-5-11/h1-5,8-9,16H,6-7,10,20H2. The number of rotatable bonds is 2. The summed E-state index contributed by atoms with van der Waals surface area (Å²) in [5, 5.41) is 0. The van der Waals surface area contributed by atoms with Crippen LogP contribution in [0, 0.1) is 11.6 Å². The van der Waals surface area contributed by atoms with Crippen LogP contribution in [0.25, 0.3) is 0 Å². The van der Waals surface area contributed by atoms with Crippen molar-refractivity contribution in [3.63, 3.8) is 0 Å². The highest BCUT2D eigenvalue weighted by atomic mass is 19.1. The monoisotopic (exact) mass is 302 g/mol. The van der Waals surface area contributed by atoms with Gasteiger partial charge in [0.15, 0.2) is 0 Å². The number of hydrogen-bond donors (Lipinski definition) is 1. The molecule has 0 aromatic heterocycles. The minimum absolute atomic E-state index is 0.184. The van der Waals surface area contributed by atoms with Crippen molar-refractivity contribution in [2.75, 3.05) is 6.54 Å². The summed E-state index contributed by atoms with van der Waals surface area (Å²) in [5.41, 5.74) is 7.73. The molecule has 2 N–H and O–H groups in total. The number of nitrogens with zero attached hydrogens (tertiary/aromatic N) is 1. The third-order valence-electron chi connectivity index (χ3n) is 3.98. The minimum Gasteiger partial charge on any atom is -0.336 e. The summed E-state index contributed by atoms with van der Waals surface area (Å²) < 4.78 is 27.1. The first-order chi connectivity index (χ1) is 10.6. The lowest BCUT2D eigenvalue weighted by Crippen LogP contribution is -2.41. The molecule has 1 heterocycles. The smallest absolute Gasteiger partial charge is 0.244 e. The Labute approximate surface area is 127 Å². The first-order valence-electron chi connectivity index (χ1n) is 7.12. The molecule has 0 saturated heterocycles. The molecule has 0 bridgehead atoms. The van der Waals surface area contributed by atoms with Gasteiger partial charge in [0.1, 0.15) is 17.7 Å². The van der Waals surface area contributed by atoms with Crippen molar-refractivity contribution in [3.05, 3.63) is 70.8 Å². The van der Waals surface area contributed by atoms with Crippen molar-refractivity contribution in [1.82, 2.24) is 4.90 Å². The van der Waals surface area contributed by atoms with Gasteiger partial charge in [0, 0.05) is 19.2 Å². The van der Waals surface area contributed by atoms with E-state index in [2.05, 4.69) is 0 Å². The van der Waals surface area contributed by atoms with E-state index in [0.29, 0.717) is 24.1 Å². The van der Waals surface area contributed by atoms with Crippen LogP contribution < -0.4 is 5.73 Å². The maximum atomic E-state index is 13.7. The Balaban J connectivity index is 1.81. The molecule has 0 spiro atoms. The van der Waals surface area contributed by atoms with Crippen molar-refractivity contribution in [2.24, 2.45) is 5.73 Å². The Morgan fingerprint density at radius 2 is 1.91 bits per heavy atom. The average Bonchev–Trinajstić information content (AvgIpc) is 2.53. The summed E-state index contributed by atoms with van der Waals surface area (Å²) in [5.74, 6) is -1.41. The van der Waals surface area contributed by atoms with Crippen molar-refractivity contribution in [1.29, 1.82) is 0 Å². The number of carbonyl (C=O) groups excluding carboxylic acids is 1. The molecule has 3 rings (SSSR count). The number of amides is 1. The predicted molar refractivity (Wildman–Crippen MR) is 78.8 cm³/mol. The van der Waals surface area contributed by atoms with Crippen molar-refractivity contribution >= 4 is 5.91 Å². The van der Waals surface area contributed by atoms with E-state index in [1.165, 1.54) is 6.07 Å². The molecule has 1 atom stereocenters. The van der Waals surface area contributed by atoms with Gasteiger partial charge in [0.2, 0.25) is 5.91 Å². The molecule has 5 heteroatoms. The molecule has 1 amide bonds. The molecule has 2 aromatic rings. The normalized spacial score (nSPS) is 15.3. The van der Waals surface area contributed by atoms with Gasteiger partial charge >= 0.3 is 0 Å². The maximum Gasteiger partial charge on any atom is 0.244 e. The molecule has 0 saturated carbocycles. The second-order valence-electron chi connectivity index (χ2n) is 5.42. The van der Waals surface area contributed by atoms with Gasteiger partial charge in [-0.05, 0) is 29.2 Å². The first kappa shape index (κ1) is 14.7. The number of carbonyl (C=O) groups is 1. The lowest BCUT2D eigenvalue weighted by Gasteiger charge is -2.31. The Kier molecular flexibility index (Phi) is 3.90. The summed E-state index contributed by atoms with van der Waals surface area (Å²) in [6, 6.07) is 10.5. The SMILES string of the molecule is NC(C(=O)N1CCc2c(F)cc(F)cc2C1)c1ccccc1. The Hall–Kier alpha value is -2.27. The van der Waals surface area contributed by atoms with Crippen LogP contribution in [0.2, 0.25) is 0 Å². The molecule has 0 fully saturated rings. The summed E-state index contributed by atoms with van der Waals surface area (Å²) in [4.78, 5) is 14.0.